The Morgan fingerprint density at radius 2 is 2.35 bits per heavy atom. The molecule has 1 saturated carbocycles. The lowest BCUT2D eigenvalue weighted by molar-refractivity contribution is 0.0594. The van der Waals surface area contributed by atoms with Crippen molar-refractivity contribution in [2.45, 2.75) is 25.4 Å². The number of esters is 1. The molecule has 0 bridgehead atoms. The molecular formula is C11H16N4O4S. The Balaban J connectivity index is 1.81. The second-order valence-electron chi connectivity index (χ2n) is 4.68. The maximum absolute atomic E-state index is 11.3. The summed E-state index contributed by atoms with van der Waals surface area (Å²) in [6.45, 7) is 3.83. The molecule has 20 heavy (non-hydrogen) atoms. The molecule has 0 spiro atoms. The summed E-state index contributed by atoms with van der Waals surface area (Å²) >= 11 is 0. The topological polar surface area (TPSA) is 103 Å². The highest BCUT2D eigenvalue weighted by atomic mass is 32.2. The van der Waals surface area contributed by atoms with Crippen LogP contribution in [0.4, 0.5) is 0 Å². The maximum Gasteiger partial charge on any atom is 0.360 e. The Hall–Kier alpha value is -1.74. The van der Waals surface area contributed by atoms with Crippen LogP contribution in [0.2, 0.25) is 0 Å². The van der Waals surface area contributed by atoms with E-state index in [1.54, 1.807) is 4.68 Å². The first-order valence-corrected chi connectivity index (χ1v) is 7.61. The Bertz CT molecular complexity index is 604. The lowest BCUT2D eigenvalue weighted by Gasteiger charge is -2.34. The summed E-state index contributed by atoms with van der Waals surface area (Å²) in [5, 5.41) is 8.44. The molecule has 0 amide bonds. The van der Waals surface area contributed by atoms with E-state index in [9.17, 15) is 13.2 Å². The summed E-state index contributed by atoms with van der Waals surface area (Å²) in [6, 6.07) is -0.0633. The van der Waals surface area contributed by atoms with Crippen molar-refractivity contribution in [3.05, 3.63) is 23.9 Å². The molecule has 1 fully saturated rings. The fourth-order valence-electron chi connectivity index (χ4n) is 2.11. The zero-order valence-corrected chi connectivity index (χ0v) is 11.8. The normalized spacial score (nSPS) is 22.1. The van der Waals surface area contributed by atoms with Crippen molar-refractivity contribution in [1.82, 2.24) is 19.7 Å². The number of sulfonamides is 1. The van der Waals surface area contributed by atoms with Crippen molar-refractivity contribution in [2.75, 3.05) is 7.11 Å². The lowest BCUT2D eigenvalue weighted by atomic mass is 9.81. The molecule has 1 aromatic heterocycles. The van der Waals surface area contributed by atoms with Crippen LogP contribution in [0.1, 0.15) is 23.3 Å². The molecule has 1 N–H and O–H groups in total. The van der Waals surface area contributed by atoms with E-state index in [-0.39, 0.29) is 11.7 Å². The second kappa shape index (κ2) is 5.71. The number of hydrogen-bond acceptors (Lipinski definition) is 6. The molecule has 1 aliphatic rings. The molecule has 2 rings (SSSR count). The molecule has 1 aliphatic carbocycles. The molecular weight excluding hydrogens is 284 g/mol. The van der Waals surface area contributed by atoms with Gasteiger partial charge >= 0.3 is 5.97 Å². The van der Waals surface area contributed by atoms with Crippen LogP contribution in [0.25, 0.3) is 0 Å². The number of nitrogens with zero attached hydrogens (tertiary/aromatic N) is 3. The van der Waals surface area contributed by atoms with Gasteiger partial charge in [-0.25, -0.2) is 17.9 Å². The highest BCUT2D eigenvalue weighted by molar-refractivity contribution is 7.92. The number of carbonyl (C=O) groups is 1. The van der Waals surface area contributed by atoms with Crippen LogP contribution in [0.15, 0.2) is 18.2 Å². The first-order chi connectivity index (χ1) is 9.43. The third-order valence-electron chi connectivity index (χ3n) is 3.16. The van der Waals surface area contributed by atoms with Gasteiger partial charge in [-0.15, -0.1) is 5.10 Å². The van der Waals surface area contributed by atoms with Gasteiger partial charge in [-0.2, -0.15) is 0 Å². The van der Waals surface area contributed by atoms with E-state index in [1.807, 2.05) is 0 Å². The predicted molar refractivity (Wildman–Crippen MR) is 70.1 cm³/mol. The SMILES string of the molecule is C=CS(=O)(=O)NC1CC(Cn2cc(C(=O)OC)nn2)C1. The van der Waals surface area contributed by atoms with Crippen LogP contribution in [0.5, 0.6) is 0 Å². The molecule has 110 valence electrons. The zero-order chi connectivity index (χ0) is 14.8. The number of ether oxygens (including phenoxy) is 1. The number of rotatable bonds is 6. The fraction of sp³-hybridized carbons (Fsp3) is 0.545. The van der Waals surface area contributed by atoms with E-state index >= 15 is 0 Å². The van der Waals surface area contributed by atoms with Crippen molar-refractivity contribution in [2.24, 2.45) is 5.92 Å². The van der Waals surface area contributed by atoms with E-state index < -0.39 is 16.0 Å². The van der Waals surface area contributed by atoms with Crippen LogP contribution in [-0.4, -0.2) is 42.5 Å². The molecule has 0 radical (unpaired) electrons. The van der Waals surface area contributed by atoms with Crippen molar-refractivity contribution in [3.8, 4) is 0 Å². The minimum absolute atomic E-state index is 0.0633. The minimum Gasteiger partial charge on any atom is -0.464 e. The third-order valence-corrected chi connectivity index (χ3v) is 4.27. The maximum atomic E-state index is 11.3. The van der Waals surface area contributed by atoms with E-state index in [0.717, 1.165) is 18.2 Å². The van der Waals surface area contributed by atoms with Crippen LogP contribution in [0, 0.1) is 5.92 Å². The minimum atomic E-state index is -3.37. The van der Waals surface area contributed by atoms with Crippen LogP contribution in [0.3, 0.4) is 0 Å². The van der Waals surface area contributed by atoms with Crippen LogP contribution in [-0.2, 0) is 21.3 Å². The van der Waals surface area contributed by atoms with Gasteiger partial charge in [0.25, 0.3) is 0 Å². The zero-order valence-electron chi connectivity index (χ0n) is 11.0. The van der Waals surface area contributed by atoms with Gasteiger partial charge in [0.05, 0.1) is 13.3 Å². The Morgan fingerprint density at radius 1 is 1.65 bits per heavy atom. The standard InChI is InChI=1S/C11H16N4O4S/c1-3-20(17,18)13-9-4-8(5-9)6-15-7-10(12-14-15)11(16)19-2/h3,7-9,13H,1,4-6H2,2H3. The summed E-state index contributed by atoms with van der Waals surface area (Å²) in [6.07, 6.45) is 2.97. The van der Waals surface area contributed by atoms with Gasteiger partial charge in [0, 0.05) is 18.0 Å². The predicted octanol–water partition coefficient (Wildman–Crippen LogP) is -0.0938. The number of hydrogen-bond donors (Lipinski definition) is 1. The van der Waals surface area contributed by atoms with Gasteiger partial charge in [0.1, 0.15) is 0 Å². The monoisotopic (exact) mass is 300 g/mol. The molecule has 1 aromatic rings. The molecule has 9 heteroatoms. The van der Waals surface area contributed by atoms with E-state index in [0.29, 0.717) is 12.5 Å². The van der Waals surface area contributed by atoms with E-state index in [1.165, 1.54) is 13.3 Å². The average Bonchev–Trinajstić information content (AvgIpc) is 2.83. The van der Waals surface area contributed by atoms with Gasteiger partial charge in [-0.05, 0) is 18.8 Å². The number of carbonyl (C=O) groups excluding carboxylic acids is 1. The summed E-state index contributed by atoms with van der Waals surface area (Å²) in [5.41, 5.74) is 0.163. The lowest BCUT2D eigenvalue weighted by Crippen LogP contribution is -2.44. The van der Waals surface area contributed by atoms with Crippen LogP contribution < -0.4 is 4.72 Å². The smallest absolute Gasteiger partial charge is 0.360 e. The highest BCUT2D eigenvalue weighted by Crippen LogP contribution is 2.29. The summed E-state index contributed by atoms with van der Waals surface area (Å²) < 4.78 is 31.2. The van der Waals surface area contributed by atoms with Crippen molar-refractivity contribution >= 4 is 16.0 Å². The van der Waals surface area contributed by atoms with Gasteiger partial charge in [-0.3, -0.25) is 4.68 Å². The second-order valence-corrected chi connectivity index (χ2v) is 6.34. The van der Waals surface area contributed by atoms with Crippen molar-refractivity contribution < 1.29 is 17.9 Å². The molecule has 0 atom stereocenters. The molecule has 0 unspecified atom stereocenters. The summed E-state index contributed by atoms with van der Waals surface area (Å²) in [7, 11) is -2.09. The highest BCUT2D eigenvalue weighted by Gasteiger charge is 2.32. The van der Waals surface area contributed by atoms with Crippen LogP contribution >= 0.6 is 0 Å². The first kappa shape index (κ1) is 14.7. The summed E-state index contributed by atoms with van der Waals surface area (Å²) in [4.78, 5) is 11.2. The van der Waals surface area contributed by atoms with Crippen molar-refractivity contribution in [3.63, 3.8) is 0 Å². The molecule has 0 saturated heterocycles. The molecule has 0 aromatic carbocycles. The first-order valence-electron chi connectivity index (χ1n) is 6.06. The Labute approximate surface area is 116 Å². The Morgan fingerprint density at radius 3 is 2.95 bits per heavy atom. The average molecular weight is 300 g/mol. The van der Waals surface area contributed by atoms with E-state index in [2.05, 4.69) is 26.3 Å². The quantitative estimate of drug-likeness (QED) is 0.736. The van der Waals surface area contributed by atoms with Gasteiger partial charge < -0.3 is 4.74 Å². The van der Waals surface area contributed by atoms with Gasteiger partial charge in [0.2, 0.25) is 10.0 Å². The largest absolute Gasteiger partial charge is 0.464 e. The molecule has 8 nitrogen and oxygen atoms in total. The molecule has 0 aliphatic heterocycles. The van der Waals surface area contributed by atoms with Gasteiger partial charge in [0.15, 0.2) is 5.69 Å². The van der Waals surface area contributed by atoms with Gasteiger partial charge in [-0.1, -0.05) is 11.8 Å². The fourth-order valence-corrected chi connectivity index (χ4v) is 2.86. The van der Waals surface area contributed by atoms with Crippen molar-refractivity contribution in [1.29, 1.82) is 0 Å². The summed E-state index contributed by atoms with van der Waals surface area (Å²) in [5.74, 6) is -0.221. The number of nitrogens with one attached hydrogen (secondary N) is 1. The Kier molecular flexibility index (Phi) is 4.19. The third kappa shape index (κ3) is 3.42. The number of aromatic nitrogens is 3. The number of methoxy groups -OCH3 is 1. The molecule has 1 heterocycles. The van der Waals surface area contributed by atoms with E-state index in [4.69, 9.17) is 0 Å².